The van der Waals surface area contributed by atoms with Crippen molar-refractivity contribution < 1.29 is 23.8 Å². The SMILES string of the molecule is Nc1nc2c(nc(Br)n2C2OC3COP(O)(=S)OC3C2O)c(=O)[nH]1. The van der Waals surface area contributed by atoms with E-state index in [9.17, 15) is 14.8 Å². The van der Waals surface area contributed by atoms with Crippen molar-refractivity contribution in [1.82, 2.24) is 19.5 Å². The van der Waals surface area contributed by atoms with Gasteiger partial charge < -0.3 is 25.0 Å². The highest BCUT2D eigenvalue weighted by Crippen LogP contribution is 2.53. The highest BCUT2D eigenvalue weighted by molar-refractivity contribution is 9.10. The Kier molecular flexibility index (Phi) is 3.82. The number of nitrogen functional groups attached to an aromatic ring is 1. The predicted octanol–water partition coefficient (Wildman–Crippen LogP) is -0.645. The lowest BCUT2D eigenvalue weighted by Gasteiger charge is -2.30. The monoisotopic (exact) mass is 439 g/mol. The molecule has 0 aliphatic carbocycles. The lowest BCUT2D eigenvalue weighted by molar-refractivity contribution is -0.0600. The van der Waals surface area contributed by atoms with Crippen LogP contribution in [0, 0.1) is 0 Å². The Morgan fingerprint density at radius 3 is 3.00 bits per heavy atom. The van der Waals surface area contributed by atoms with Crippen LogP contribution in [0.4, 0.5) is 5.95 Å². The molecule has 2 aromatic rings. The van der Waals surface area contributed by atoms with Crippen molar-refractivity contribution in [3.8, 4) is 0 Å². The van der Waals surface area contributed by atoms with Crippen LogP contribution in [-0.4, -0.2) is 54.4 Å². The number of aliphatic hydroxyl groups is 1. The number of aliphatic hydroxyl groups excluding tert-OH is 1. The highest BCUT2D eigenvalue weighted by Gasteiger charge is 2.51. The van der Waals surface area contributed by atoms with Gasteiger partial charge in [0.15, 0.2) is 22.1 Å². The summed E-state index contributed by atoms with van der Waals surface area (Å²) in [5, 5.41) is 10.6. The molecule has 2 aliphatic heterocycles. The van der Waals surface area contributed by atoms with Crippen molar-refractivity contribution in [2.75, 3.05) is 12.3 Å². The van der Waals surface area contributed by atoms with Crippen LogP contribution < -0.4 is 11.3 Å². The summed E-state index contributed by atoms with van der Waals surface area (Å²) in [6.45, 7) is -3.43. The molecule has 2 saturated heterocycles. The summed E-state index contributed by atoms with van der Waals surface area (Å²) in [5.41, 5.74) is 5.22. The van der Waals surface area contributed by atoms with E-state index in [0.717, 1.165) is 0 Å². The molecule has 5 N–H and O–H groups in total. The van der Waals surface area contributed by atoms with Crippen LogP contribution >= 0.6 is 22.6 Å². The zero-order valence-corrected chi connectivity index (χ0v) is 15.0. The molecule has 0 aromatic carbocycles. The van der Waals surface area contributed by atoms with Crippen LogP contribution in [0.15, 0.2) is 9.53 Å². The number of H-pyrrole nitrogens is 1. The molecule has 24 heavy (non-hydrogen) atoms. The lowest BCUT2D eigenvalue weighted by atomic mass is 10.1. The molecular weight excluding hydrogens is 429 g/mol. The molecule has 2 fully saturated rings. The van der Waals surface area contributed by atoms with Crippen LogP contribution in [0.1, 0.15) is 6.23 Å². The standard InChI is InChI=1S/C10H11BrN5O6PS/c11-9-13-3-6(14-10(12)15-7(3)18)16(9)8-4(17)5-2(21-8)1-20-23(19,24)22-5/h2,4-5,8,17H,1H2,(H,19,24)(H3,12,14,15,18). The minimum Gasteiger partial charge on any atom is -0.386 e. The molecule has 0 amide bonds. The Bertz CT molecular complexity index is 934. The fourth-order valence-electron chi connectivity index (χ4n) is 2.75. The van der Waals surface area contributed by atoms with E-state index < -0.39 is 36.8 Å². The van der Waals surface area contributed by atoms with E-state index in [1.807, 2.05) is 0 Å². The maximum absolute atomic E-state index is 11.9. The fraction of sp³-hybridized carbons (Fsp3) is 0.500. The summed E-state index contributed by atoms with van der Waals surface area (Å²) in [6.07, 6.45) is -3.69. The summed E-state index contributed by atoms with van der Waals surface area (Å²) in [7, 11) is 0. The third kappa shape index (κ3) is 2.52. The quantitative estimate of drug-likeness (QED) is 0.332. The maximum atomic E-state index is 11.9. The predicted molar refractivity (Wildman–Crippen MR) is 87.5 cm³/mol. The molecule has 5 atom stereocenters. The van der Waals surface area contributed by atoms with Gasteiger partial charge in [-0.2, -0.15) is 4.98 Å². The van der Waals surface area contributed by atoms with Crippen LogP contribution in [0.3, 0.4) is 0 Å². The van der Waals surface area contributed by atoms with Crippen molar-refractivity contribution >= 4 is 51.6 Å². The molecule has 5 unspecified atom stereocenters. The zero-order chi connectivity index (χ0) is 17.2. The number of nitrogens with one attached hydrogen (secondary N) is 1. The first kappa shape index (κ1) is 16.5. The summed E-state index contributed by atoms with van der Waals surface area (Å²) >= 11 is 8.02. The molecular formula is C10H11BrN5O6PS. The number of ether oxygens (including phenoxy) is 1. The summed E-state index contributed by atoms with van der Waals surface area (Å²) in [5.74, 6) is -0.100. The second kappa shape index (κ2) is 5.54. The van der Waals surface area contributed by atoms with Gasteiger partial charge in [-0.25, -0.2) is 4.98 Å². The van der Waals surface area contributed by atoms with Gasteiger partial charge in [-0.1, -0.05) is 0 Å². The first-order chi connectivity index (χ1) is 11.3. The van der Waals surface area contributed by atoms with E-state index in [0.29, 0.717) is 0 Å². The van der Waals surface area contributed by atoms with Gasteiger partial charge in [0.2, 0.25) is 5.95 Å². The molecule has 130 valence electrons. The Balaban J connectivity index is 1.80. The number of anilines is 1. The summed E-state index contributed by atoms with van der Waals surface area (Å²) < 4.78 is 17.6. The molecule has 0 spiro atoms. The zero-order valence-electron chi connectivity index (χ0n) is 11.7. The second-order valence-electron chi connectivity index (χ2n) is 5.26. The van der Waals surface area contributed by atoms with Crippen molar-refractivity contribution in [3.05, 3.63) is 15.1 Å². The first-order valence-corrected chi connectivity index (χ1v) is 10.1. The minimum absolute atomic E-state index is 0.0214. The number of nitrogens with zero attached hydrogens (tertiary/aromatic N) is 3. The highest BCUT2D eigenvalue weighted by atomic mass is 79.9. The Hall–Kier alpha value is -0.920. The van der Waals surface area contributed by atoms with Gasteiger partial charge in [0.1, 0.15) is 18.3 Å². The minimum atomic E-state index is -3.41. The Morgan fingerprint density at radius 2 is 2.25 bits per heavy atom. The van der Waals surface area contributed by atoms with Gasteiger partial charge >= 0.3 is 6.72 Å². The van der Waals surface area contributed by atoms with Crippen LogP contribution in [0.2, 0.25) is 0 Å². The largest absolute Gasteiger partial charge is 0.386 e. The molecule has 4 rings (SSSR count). The van der Waals surface area contributed by atoms with E-state index in [-0.39, 0.29) is 28.5 Å². The van der Waals surface area contributed by atoms with Gasteiger partial charge in [-0.3, -0.25) is 18.9 Å². The van der Waals surface area contributed by atoms with Crippen LogP contribution in [0.5, 0.6) is 0 Å². The van der Waals surface area contributed by atoms with E-state index in [1.54, 1.807) is 0 Å². The molecule has 0 radical (unpaired) electrons. The molecule has 14 heteroatoms. The second-order valence-corrected chi connectivity index (χ2v) is 8.76. The summed E-state index contributed by atoms with van der Waals surface area (Å²) in [4.78, 5) is 32.2. The maximum Gasteiger partial charge on any atom is 0.325 e. The van der Waals surface area contributed by atoms with Crippen molar-refractivity contribution in [1.29, 1.82) is 0 Å². The van der Waals surface area contributed by atoms with Gasteiger partial charge in [-0.05, 0) is 27.7 Å². The number of halogens is 1. The van der Waals surface area contributed by atoms with Crippen molar-refractivity contribution in [2.45, 2.75) is 24.5 Å². The normalized spacial score (nSPS) is 36.1. The van der Waals surface area contributed by atoms with E-state index in [2.05, 4.69) is 30.9 Å². The average Bonchev–Trinajstić information content (AvgIpc) is 2.96. The van der Waals surface area contributed by atoms with Gasteiger partial charge in [-0.15, -0.1) is 0 Å². The van der Waals surface area contributed by atoms with Crippen molar-refractivity contribution in [3.63, 3.8) is 0 Å². The number of rotatable bonds is 1. The first-order valence-electron chi connectivity index (χ1n) is 6.69. The van der Waals surface area contributed by atoms with Gasteiger partial charge in [0, 0.05) is 0 Å². The number of imidazole rings is 1. The Labute approximate surface area is 147 Å². The lowest BCUT2D eigenvalue weighted by Crippen LogP contribution is -2.39. The third-order valence-corrected chi connectivity index (χ3v) is 5.87. The number of hydrogen-bond acceptors (Lipinski definition) is 9. The molecule has 2 aliphatic rings. The summed E-state index contributed by atoms with van der Waals surface area (Å²) in [6, 6.07) is 0. The average molecular weight is 440 g/mol. The number of aromatic nitrogens is 4. The van der Waals surface area contributed by atoms with Gasteiger partial charge in [0.05, 0.1) is 6.61 Å². The van der Waals surface area contributed by atoms with Crippen LogP contribution in [-0.2, 0) is 25.6 Å². The molecule has 0 saturated carbocycles. The smallest absolute Gasteiger partial charge is 0.325 e. The van der Waals surface area contributed by atoms with Gasteiger partial charge in [0.25, 0.3) is 5.56 Å². The topological polar surface area (TPSA) is 158 Å². The molecule has 0 bridgehead atoms. The van der Waals surface area contributed by atoms with Crippen molar-refractivity contribution in [2.24, 2.45) is 0 Å². The van der Waals surface area contributed by atoms with E-state index >= 15 is 0 Å². The molecule has 4 heterocycles. The van der Waals surface area contributed by atoms with Crippen LogP contribution in [0.25, 0.3) is 11.2 Å². The molecule has 2 aromatic heterocycles. The fourth-order valence-corrected chi connectivity index (χ4v) is 4.74. The number of nitrogens with two attached hydrogens (primary N) is 1. The van der Waals surface area contributed by atoms with E-state index in [1.165, 1.54) is 4.57 Å². The Morgan fingerprint density at radius 1 is 1.50 bits per heavy atom. The number of fused-ring (bicyclic) bond motifs is 2. The number of hydrogen-bond donors (Lipinski definition) is 4. The molecule has 11 nitrogen and oxygen atoms in total. The third-order valence-electron chi connectivity index (χ3n) is 3.75. The number of aromatic amines is 1. The van der Waals surface area contributed by atoms with E-state index in [4.69, 9.17) is 31.3 Å².